The maximum atomic E-state index is 6.01. The van der Waals surface area contributed by atoms with E-state index in [0.717, 1.165) is 11.1 Å². The first-order chi connectivity index (χ1) is 11.2. The van der Waals surface area contributed by atoms with Gasteiger partial charge in [-0.2, -0.15) is 0 Å². The SMILES string of the molecule is COC[C@@H](C)Oc1ccccc1[Se]CC(OC)c1ccccc1. The molecule has 2 rings (SSSR count). The van der Waals surface area contributed by atoms with Crippen molar-refractivity contribution in [2.45, 2.75) is 24.5 Å². The third-order valence-electron chi connectivity index (χ3n) is 3.42. The van der Waals surface area contributed by atoms with Crippen molar-refractivity contribution in [2.24, 2.45) is 0 Å². The Bertz CT molecular complexity index is 574. The molecule has 2 aromatic rings. The second-order valence-corrected chi connectivity index (χ2v) is 7.50. The molecule has 2 atom stereocenters. The molecule has 0 fully saturated rings. The summed E-state index contributed by atoms with van der Waals surface area (Å²) in [6.45, 7) is 2.61. The van der Waals surface area contributed by atoms with Crippen molar-refractivity contribution in [3.05, 3.63) is 60.2 Å². The zero-order valence-electron chi connectivity index (χ0n) is 13.9. The van der Waals surface area contributed by atoms with Crippen LogP contribution in [-0.4, -0.2) is 41.9 Å². The van der Waals surface area contributed by atoms with Crippen LogP contribution >= 0.6 is 0 Å². The molecule has 0 radical (unpaired) electrons. The second kappa shape index (κ2) is 9.74. The van der Waals surface area contributed by atoms with Gasteiger partial charge >= 0.3 is 145 Å². The third-order valence-corrected chi connectivity index (χ3v) is 5.77. The van der Waals surface area contributed by atoms with Crippen LogP contribution in [0.4, 0.5) is 0 Å². The Morgan fingerprint density at radius 2 is 1.65 bits per heavy atom. The van der Waals surface area contributed by atoms with Crippen molar-refractivity contribution in [1.29, 1.82) is 0 Å². The zero-order chi connectivity index (χ0) is 16.5. The monoisotopic (exact) mass is 380 g/mol. The van der Waals surface area contributed by atoms with Gasteiger partial charge in [0.15, 0.2) is 0 Å². The van der Waals surface area contributed by atoms with Gasteiger partial charge in [-0.1, -0.05) is 0 Å². The van der Waals surface area contributed by atoms with Crippen LogP contribution in [0.3, 0.4) is 0 Å². The van der Waals surface area contributed by atoms with Crippen LogP contribution in [0, 0.1) is 0 Å². The number of benzene rings is 2. The molecule has 1 unspecified atom stereocenters. The molecule has 0 amide bonds. The van der Waals surface area contributed by atoms with Crippen molar-refractivity contribution in [3.8, 4) is 5.75 Å². The first-order valence-electron chi connectivity index (χ1n) is 7.69. The summed E-state index contributed by atoms with van der Waals surface area (Å²) in [4.78, 5) is 0. The molecule has 0 aliphatic rings. The van der Waals surface area contributed by atoms with E-state index in [9.17, 15) is 0 Å². The number of rotatable bonds is 9. The molecule has 0 saturated carbocycles. The Morgan fingerprint density at radius 3 is 2.35 bits per heavy atom. The standard InChI is InChI=1S/C19H24O3Se/c1-15(13-20-2)22-17-11-7-8-12-19(17)23-14-18(21-3)16-9-5-4-6-10-16/h4-12,15,18H,13-14H2,1-3H3/t15-,18?/m1/s1. The Morgan fingerprint density at radius 1 is 0.957 bits per heavy atom. The summed E-state index contributed by atoms with van der Waals surface area (Å²) in [6, 6.07) is 18.6. The average molecular weight is 379 g/mol. The molecule has 23 heavy (non-hydrogen) atoms. The van der Waals surface area contributed by atoms with Crippen molar-refractivity contribution in [3.63, 3.8) is 0 Å². The number of hydrogen-bond donors (Lipinski definition) is 0. The van der Waals surface area contributed by atoms with Crippen LogP contribution < -0.4 is 9.20 Å². The van der Waals surface area contributed by atoms with Crippen LogP contribution in [0.2, 0.25) is 5.32 Å². The van der Waals surface area contributed by atoms with Gasteiger partial charge in [0.2, 0.25) is 0 Å². The van der Waals surface area contributed by atoms with Crippen LogP contribution in [-0.2, 0) is 9.47 Å². The van der Waals surface area contributed by atoms with E-state index in [2.05, 4.69) is 36.4 Å². The average Bonchev–Trinajstić information content (AvgIpc) is 2.58. The molecule has 0 heterocycles. The van der Waals surface area contributed by atoms with Crippen molar-refractivity contribution >= 4 is 19.4 Å². The quantitative estimate of drug-likeness (QED) is 0.626. The molecule has 3 nitrogen and oxygen atoms in total. The molecule has 0 bridgehead atoms. The summed E-state index contributed by atoms with van der Waals surface area (Å²) < 4.78 is 18.1. The Balaban J connectivity index is 2.02. The van der Waals surface area contributed by atoms with Gasteiger partial charge in [-0.25, -0.2) is 0 Å². The number of ether oxygens (including phenoxy) is 3. The van der Waals surface area contributed by atoms with Crippen LogP contribution in [0.5, 0.6) is 5.75 Å². The molecule has 0 aromatic heterocycles. The van der Waals surface area contributed by atoms with E-state index in [4.69, 9.17) is 14.2 Å². The molecule has 0 aliphatic carbocycles. The fourth-order valence-electron chi connectivity index (χ4n) is 2.29. The molecular formula is C19H24O3Se. The molecule has 0 spiro atoms. The summed E-state index contributed by atoms with van der Waals surface area (Å²) in [5.74, 6) is 0.958. The molecular weight excluding hydrogens is 355 g/mol. The summed E-state index contributed by atoms with van der Waals surface area (Å²) in [7, 11) is 3.47. The van der Waals surface area contributed by atoms with E-state index in [1.165, 1.54) is 10.0 Å². The van der Waals surface area contributed by atoms with Gasteiger partial charge in [0.25, 0.3) is 0 Å². The van der Waals surface area contributed by atoms with Crippen molar-refractivity contribution < 1.29 is 14.2 Å². The van der Waals surface area contributed by atoms with E-state index in [-0.39, 0.29) is 27.2 Å². The van der Waals surface area contributed by atoms with E-state index >= 15 is 0 Å². The zero-order valence-corrected chi connectivity index (χ0v) is 15.6. The van der Waals surface area contributed by atoms with E-state index in [0.29, 0.717) is 6.61 Å². The molecule has 0 saturated heterocycles. The fourth-order valence-corrected chi connectivity index (χ4v) is 4.58. The first kappa shape index (κ1) is 18.0. The number of methoxy groups -OCH3 is 2. The Kier molecular flexibility index (Phi) is 7.63. The molecule has 0 N–H and O–H groups in total. The normalized spacial score (nSPS) is 13.5. The van der Waals surface area contributed by atoms with E-state index in [1.807, 2.05) is 25.1 Å². The topological polar surface area (TPSA) is 27.7 Å². The fraction of sp³-hybridized carbons (Fsp3) is 0.368. The van der Waals surface area contributed by atoms with Crippen LogP contribution in [0.25, 0.3) is 0 Å². The summed E-state index contributed by atoms with van der Waals surface area (Å²) in [5.41, 5.74) is 1.23. The molecule has 4 heteroatoms. The molecule has 2 aromatic carbocycles. The number of para-hydroxylation sites is 1. The van der Waals surface area contributed by atoms with Gasteiger partial charge in [-0.15, -0.1) is 0 Å². The van der Waals surface area contributed by atoms with Gasteiger partial charge in [0.05, 0.1) is 0 Å². The molecule has 0 aliphatic heterocycles. The van der Waals surface area contributed by atoms with Gasteiger partial charge in [0.1, 0.15) is 0 Å². The number of hydrogen-bond acceptors (Lipinski definition) is 3. The van der Waals surface area contributed by atoms with Gasteiger partial charge < -0.3 is 0 Å². The summed E-state index contributed by atoms with van der Waals surface area (Å²) >= 11 is 0.278. The Hall–Kier alpha value is -1.32. The minimum atomic E-state index is 0.0456. The van der Waals surface area contributed by atoms with Gasteiger partial charge in [0, 0.05) is 0 Å². The predicted molar refractivity (Wildman–Crippen MR) is 94.8 cm³/mol. The minimum absolute atomic E-state index is 0.0456. The van der Waals surface area contributed by atoms with Crippen LogP contribution in [0.15, 0.2) is 54.6 Å². The first-order valence-corrected chi connectivity index (χ1v) is 9.76. The van der Waals surface area contributed by atoms with E-state index < -0.39 is 0 Å². The molecule has 124 valence electrons. The predicted octanol–water partition coefficient (Wildman–Crippen LogP) is 3.24. The van der Waals surface area contributed by atoms with Crippen molar-refractivity contribution in [1.82, 2.24) is 0 Å². The second-order valence-electron chi connectivity index (χ2n) is 5.28. The van der Waals surface area contributed by atoms with Crippen molar-refractivity contribution in [2.75, 3.05) is 20.8 Å². The van der Waals surface area contributed by atoms with Gasteiger partial charge in [-0.3, -0.25) is 0 Å². The van der Waals surface area contributed by atoms with Gasteiger partial charge in [-0.05, 0) is 0 Å². The summed E-state index contributed by atoms with van der Waals surface area (Å²) in [5, 5.41) is 0.979. The third kappa shape index (κ3) is 5.67. The maximum absolute atomic E-state index is 6.01. The van der Waals surface area contributed by atoms with Crippen LogP contribution in [0.1, 0.15) is 18.6 Å². The Labute approximate surface area is 145 Å². The summed E-state index contributed by atoms with van der Waals surface area (Å²) in [6.07, 6.45) is 0.171. The van der Waals surface area contributed by atoms with E-state index in [1.54, 1.807) is 14.2 Å².